The molecule has 0 saturated carbocycles. The lowest BCUT2D eigenvalue weighted by Gasteiger charge is -2.46. The third-order valence-electron chi connectivity index (χ3n) is 5.43. The minimum atomic E-state index is -1.12. The highest BCUT2D eigenvalue weighted by Gasteiger charge is 2.60. The van der Waals surface area contributed by atoms with Crippen molar-refractivity contribution in [3.8, 4) is 0 Å². The van der Waals surface area contributed by atoms with Crippen LogP contribution in [0, 0.1) is 11.8 Å². The van der Waals surface area contributed by atoms with Gasteiger partial charge in [-0.1, -0.05) is 6.92 Å². The van der Waals surface area contributed by atoms with E-state index in [4.69, 9.17) is 0 Å². The summed E-state index contributed by atoms with van der Waals surface area (Å²) < 4.78 is 0. The van der Waals surface area contributed by atoms with Crippen molar-refractivity contribution in [3.63, 3.8) is 0 Å². The summed E-state index contributed by atoms with van der Waals surface area (Å²) in [5.74, 6) is -2.14. The number of aliphatic hydroxyl groups excluding tert-OH is 1. The minimum Gasteiger partial charge on any atom is -0.477 e. The number of amides is 2. The molecule has 3 aliphatic rings. The van der Waals surface area contributed by atoms with Gasteiger partial charge in [0.15, 0.2) is 0 Å². The lowest BCUT2D eigenvalue weighted by atomic mass is 9.79. The number of likely N-dealkylation sites (N-methyl/N-ethyl adjacent to an activating group) is 1. The Kier molecular flexibility index (Phi) is 9.29. The molecule has 3 heterocycles. The number of aliphatic carboxylic acids is 1. The summed E-state index contributed by atoms with van der Waals surface area (Å²) in [5, 5.41) is 22.8. The van der Waals surface area contributed by atoms with Gasteiger partial charge >= 0.3 is 5.97 Å². The Morgan fingerprint density at radius 3 is 2.34 bits per heavy atom. The molecule has 6 atom stereocenters. The molecule has 11 nitrogen and oxygen atoms in total. The number of carboxylic acids is 1. The van der Waals surface area contributed by atoms with Crippen molar-refractivity contribution in [2.24, 2.45) is 11.8 Å². The SMILES string of the molecule is C[C@@H]1C(S[C@@H]2CN[C@H](C(=O)N(C)C)C2)=C(C(=O)O)N2C(=O)[C@@H]([C@@H](C)O)[C@H]12.O.O.O. The van der Waals surface area contributed by atoms with Crippen LogP contribution < -0.4 is 5.32 Å². The highest BCUT2D eigenvalue weighted by atomic mass is 32.2. The summed E-state index contributed by atoms with van der Waals surface area (Å²) in [5.41, 5.74) is 0.0387. The van der Waals surface area contributed by atoms with Crippen LogP contribution in [-0.4, -0.2) is 98.3 Å². The van der Waals surface area contributed by atoms with Gasteiger partial charge in [-0.05, 0) is 13.3 Å². The van der Waals surface area contributed by atoms with Crippen LogP contribution in [0.25, 0.3) is 0 Å². The van der Waals surface area contributed by atoms with Crippen molar-refractivity contribution in [1.82, 2.24) is 15.1 Å². The van der Waals surface area contributed by atoms with Gasteiger partial charge in [-0.3, -0.25) is 9.59 Å². The number of β-lactam (4-membered cyclic amide) rings is 1. The summed E-state index contributed by atoms with van der Waals surface area (Å²) in [6, 6.07) is -0.568. The number of hydrogen-bond donors (Lipinski definition) is 3. The third-order valence-corrected chi connectivity index (χ3v) is 6.95. The van der Waals surface area contributed by atoms with Crippen molar-refractivity contribution in [1.29, 1.82) is 0 Å². The average molecular weight is 438 g/mol. The van der Waals surface area contributed by atoms with E-state index in [9.17, 15) is 24.6 Å². The van der Waals surface area contributed by atoms with Crippen molar-refractivity contribution in [3.05, 3.63) is 10.6 Å². The first-order valence-corrected chi connectivity index (χ1v) is 9.62. The second kappa shape index (κ2) is 9.87. The molecule has 2 fully saturated rings. The zero-order valence-electron chi connectivity index (χ0n) is 16.8. The van der Waals surface area contributed by atoms with Crippen molar-refractivity contribution < 1.29 is 41.0 Å². The number of carboxylic acid groups (broad SMARTS) is 1. The van der Waals surface area contributed by atoms with Crippen LogP contribution in [0.1, 0.15) is 20.3 Å². The topological polar surface area (TPSA) is 205 Å². The van der Waals surface area contributed by atoms with E-state index in [1.54, 1.807) is 25.9 Å². The summed E-state index contributed by atoms with van der Waals surface area (Å²) in [7, 11) is 3.42. The van der Waals surface area contributed by atoms with Crippen LogP contribution in [0.4, 0.5) is 0 Å². The van der Waals surface area contributed by atoms with Gasteiger partial charge in [0.2, 0.25) is 11.8 Å². The van der Waals surface area contributed by atoms with E-state index in [1.807, 2.05) is 6.92 Å². The van der Waals surface area contributed by atoms with Gasteiger partial charge in [0, 0.05) is 36.7 Å². The van der Waals surface area contributed by atoms with Crippen LogP contribution in [0.2, 0.25) is 0 Å². The number of carbonyl (C=O) groups excluding carboxylic acids is 2. The number of hydrogen-bond acceptors (Lipinski definition) is 6. The smallest absolute Gasteiger partial charge is 0.353 e. The predicted octanol–water partition coefficient (Wildman–Crippen LogP) is -2.78. The monoisotopic (exact) mass is 437 g/mol. The molecule has 0 bridgehead atoms. The fourth-order valence-corrected chi connectivity index (χ4v) is 5.63. The Morgan fingerprint density at radius 1 is 1.28 bits per heavy atom. The zero-order valence-corrected chi connectivity index (χ0v) is 17.6. The fraction of sp³-hybridized carbons (Fsp3) is 0.706. The number of aliphatic hydroxyl groups is 1. The van der Waals surface area contributed by atoms with Crippen molar-refractivity contribution in [2.75, 3.05) is 20.6 Å². The molecule has 168 valence electrons. The van der Waals surface area contributed by atoms with E-state index in [-0.39, 0.29) is 57.2 Å². The van der Waals surface area contributed by atoms with E-state index in [1.165, 1.54) is 16.7 Å². The standard InChI is InChI=1S/C17H25N3O5S.3H2O/c1-7-12-11(8(2)21)16(23)20(12)13(17(24)25)14(7)26-9-5-10(18-6-9)15(22)19(3)4;;;/h7-12,18,21H,5-6H2,1-4H3,(H,24,25);3*1H2/t7-,8+,9-,10-,11-,12-;;;/m0.../s1. The second-order valence-electron chi connectivity index (χ2n) is 7.44. The highest BCUT2D eigenvalue weighted by molar-refractivity contribution is 8.03. The molecule has 0 spiro atoms. The van der Waals surface area contributed by atoms with Gasteiger partial charge in [0.25, 0.3) is 0 Å². The third kappa shape index (κ3) is 4.42. The van der Waals surface area contributed by atoms with E-state index >= 15 is 0 Å². The maximum atomic E-state index is 12.3. The normalized spacial score (nSPS) is 31.0. The van der Waals surface area contributed by atoms with E-state index < -0.39 is 18.0 Å². The number of thioether (sulfide) groups is 1. The molecular weight excluding hydrogens is 406 g/mol. The zero-order chi connectivity index (χ0) is 19.3. The molecule has 9 N–H and O–H groups in total. The first-order chi connectivity index (χ1) is 12.1. The summed E-state index contributed by atoms with van der Waals surface area (Å²) >= 11 is 1.45. The van der Waals surface area contributed by atoms with Crippen molar-refractivity contribution in [2.45, 2.75) is 43.7 Å². The van der Waals surface area contributed by atoms with E-state index in [0.717, 1.165) is 0 Å². The molecule has 0 aliphatic carbocycles. The Hall–Kier alpha value is -1.70. The molecule has 3 aliphatic heterocycles. The summed E-state index contributed by atoms with van der Waals surface area (Å²) in [4.78, 5) is 39.8. The van der Waals surface area contributed by atoms with Gasteiger partial charge in [-0.25, -0.2) is 4.79 Å². The van der Waals surface area contributed by atoms with Gasteiger partial charge in [0.05, 0.1) is 24.1 Å². The Morgan fingerprint density at radius 2 is 1.86 bits per heavy atom. The van der Waals surface area contributed by atoms with Crippen LogP contribution in [0.3, 0.4) is 0 Å². The van der Waals surface area contributed by atoms with Gasteiger partial charge in [-0.2, -0.15) is 0 Å². The average Bonchev–Trinajstić information content (AvgIpc) is 3.09. The van der Waals surface area contributed by atoms with Crippen LogP contribution in [0.15, 0.2) is 10.6 Å². The highest BCUT2D eigenvalue weighted by Crippen LogP contribution is 2.51. The number of rotatable bonds is 5. The van der Waals surface area contributed by atoms with Gasteiger partial charge < -0.3 is 41.8 Å². The lowest BCUT2D eigenvalue weighted by Crippen LogP contribution is -2.63. The summed E-state index contributed by atoms with van der Waals surface area (Å²) in [6.45, 7) is 4.08. The molecule has 0 radical (unpaired) electrons. The minimum absolute atomic E-state index is 0. The first kappa shape index (κ1) is 27.3. The van der Waals surface area contributed by atoms with Gasteiger partial charge in [0.1, 0.15) is 5.70 Å². The van der Waals surface area contributed by atoms with E-state index in [0.29, 0.717) is 17.9 Å². The van der Waals surface area contributed by atoms with Crippen LogP contribution in [-0.2, 0) is 14.4 Å². The number of nitrogens with zero attached hydrogens (tertiary/aromatic N) is 2. The summed E-state index contributed by atoms with van der Waals surface area (Å²) in [6.07, 6.45) is -0.190. The second-order valence-corrected chi connectivity index (χ2v) is 8.78. The number of carbonyl (C=O) groups is 3. The fourth-order valence-electron chi connectivity index (χ4n) is 4.15. The maximum Gasteiger partial charge on any atom is 0.353 e. The Balaban J connectivity index is 0.00000261. The lowest BCUT2D eigenvalue weighted by molar-refractivity contribution is -0.163. The van der Waals surface area contributed by atoms with Gasteiger partial charge in [-0.15, -0.1) is 11.8 Å². The molecule has 0 aromatic rings. The molecule has 0 unspecified atom stereocenters. The molecule has 2 saturated heterocycles. The van der Waals surface area contributed by atoms with E-state index in [2.05, 4.69) is 5.32 Å². The predicted molar refractivity (Wildman–Crippen MR) is 107 cm³/mol. The Labute approximate surface area is 173 Å². The maximum absolute atomic E-state index is 12.3. The number of fused-ring (bicyclic) bond motifs is 1. The largest absolute Gasteiger partial charge is 0.477 e. The molecule has 29 heavy (non-hydrogen) atoms. The first-order valence-electron chi connectivity index (χ1n) is 8.75. The molecule has 0 aromatic carbocycles. The van der Waals surface area contributed by atoms with Crippen LogP contribution >= 0.6 is 11.8 Å². The molecule has 2 amide bonds. The number of nitrogens with one attached hydrogen (secondary N) is 1. The molecule has 3 rings (SSSR count). The molecule has 12 heteroatoms. The van der Waals surface area contributed by atoms with Crippen LogP contribution in [0.5, 0.6) is 0 Å². The van der Waals surface area contributed by atoms with Crippen molar-refractivity contribution >= 4 is 29.5 Å². The Bertz CT molecular complexity index is 684. The quantitative estimate of drug-likeness (QED) is 0.385. The molecule has 0 aromatic heterocycles. The molecular formula is C17H31N3O8S.